The van der Waals surface area contributed by atoms with E-state index in [2.05, 4.69) is 92.7 Å². The number of thiophene rings is 1. The summed E-state index contributed by atoms with van der Waals surface area (Å²) >= 11 is 1.75. The van der Waals surface area contributed by atoms with Crippen molar-refractivity contribution in [1.82, 2.24) is 13.6 Å². The Hall–Kier alpha value is -3.96. The van der Waals surface area contributed by atoms with Crippen LogP contribution in [0.3, 0.4) is 0 Å². The van der Waals surface area contributed by atoms with Gasteiger partial charge in [-0.2, -0.15) is 0 Å². The second kappa shape index (κ2) is 5.20. The quantitative estimate of drug-likeness (QED) is 0.304. The number of hydrogen-bond donors (Lipinski definition) is 1. The van der Waals surface area contributed by atoms with Crippen LogP contribution in [0.5, 0.6) is 0 Å². The SMILES string of the molecule is Nn1c2cccc3c4cscc4n4c5ccn(-c6ccccc6)c5c5ccc1c(c32)c54. The van der Waals surface area contributed by atoms with Crippen molar-refractivity contribution < 1.29 is 0 Å². The lowest BCUT2D eigenvalue weighted by atomic mass is 10.1. The maximum atomic E-state index is 6.60. The fourth-order valence-electron chi connectivity index (χ4n) is 5.52. The zero-order valence-corrected chi connectivity index (χ0v) is 17.2. The van der Waals surface area contributed by atoms with Gasteiger partial charge in [0.25, 0.3) is 0 Å². The average Bonchev–Trinajstić information content (AvgIpc) is 3.55. The summed E-state index contributed by atoms with van der Waals surface area (Å²) in [6, 6.07) is 23.7. The van der Waals surface area contributed by atoms with E-state index < -0.39 is 0 Å². The standard InChI is InChI=1S/C26H16N4S/c27-30-19-8-4-7-16-18-13-31-14-22(18)29-21-11-12-28(15-5-2-1-3-6-15)25(21)17-9-10-20(30)24(23(16)19)26(17)29/h1-14H,27H2. The van der Waals surface area contributed by atoms with Crippen molar-refractivity contribution in [2.24, 2.45) is 0 Å². The van der Waals surface area contributed by atoms with Crippen LogP contribution in [0.1, 0.15) is 0 Å². The summed E-state index contributed by atoms with van der Waals surface area (Å²) < 4.78 is 6.59. The number of nitrogens with two attached hydrogens (primary N) is 1. The molecular weight excluding hydrogens is 400 g/mol. The fourth-order valence-corrected chi connectivity index (χ4v) is 6.33. The van der Waals surface area contributed by atoms with Gasteiger partial charge in [-0.15, -0.1) is 11.3 Å². The van der Waals surface area contributed by atoms with E-state index in [-0.39, 0.29) is 0 Å². The van der Waals surface area contributed by atoms with Crippen molar-refractivity contribution >= 4 is 71.4 Å². The van der Waals surface area contributed by atoms with Gasteiger partial charge in [-0.05, 0) is 41.8 Å². The van der Waals surface area contributed by atoms with E-state index in [4.69, 9.17) is 5.84 Å². The molecule has 0 spiro atoms. The van der Waals surface area contributed by atoms with Gasteiger partial charge < -0.3 is 14.8 Å². The number of nitrogen functional groups attached to an aromatic ring is 1. The molecule has 0 saturated heterocycles. The van der Waals surface area contributed by atoms with Crippen molar-refractivity contribution in [3.63, 3.8) is 0 Å². The van der Waals surface area contributed by atoms with Gasteiger partial charge in [0.05, 0.1) is 33.1 Å². The van der Waals surface area contributed by atoms with E-state index in [9.17, 15) is 0 Å². The first-order valence-corrected chi connectivity index (χ1v) is 11.3. The molecule has 0 bridgehead atoms. The molecular formula is C26H16N4S. The van der Waals surface area contributed by atoms with E-state index in [1.165, 1.54) is 54.7 Å². The fraction of sp³-hybridized carbons (Fsp3) is 0. The van der Waals surface area contributed by atoms with Gasteiger partial charge in [0.15, 0.2) is 0 Å². The van der Waals surface area contributed by atoms with Crippen LogP contribution < -0.4 is 5.84 Å². The number of fused-ring (bicyclic) bond motifs is 6. The number of aromatic nitrogens is 3. The maximum absolute atomic E-state index is 6.60. The highest BCUT2D eigenvalue weighted by atomic mass is 32.1. The number of para-hydroxylation sites is 1. The Kier molecular flexibility index (Phi) is 2.65. The summed E-state index contributed by atoms with van der Waals surface area (Å²) in [5.41, 5.74) is 8.25. The number of benzene rings is 3. The van der Waals surface area contributed by atoms with Gasteiger partial charge in [0, 0.05) is 44.2 Å². The third-order valence-corrected chi connectivity index (χ3v) is 7.49. The first-order chi connectivity index (χ1) is 15.3. The second-order valence-corrected chi connectivity index (χ2v) is 8.93. The molecule has 4 nitrogen and oxygen atoms in total. The van der Waals surface area contributed by atoms with Gasteiger partial charge in [-0.3, -0.25) is 4.68 Å². The molecule has 3 aromatic carbocycles. The van der Waals surface area contributed by atoms with Crippen LogP contribution in [0.4, 0.5) is 0 Å². The Morgan fingerprint density at radius 3 is 2.39 bits per heavy atom. The molecule has 0 aliphatic rings. The van der Waals surface area contributed by atoms with Crippen molar-refractivity contribution in [2.75, 3.05) is 5.84 Å². The molecule has 0 aliphatic carbocycles. The predicted octanol–water partition coefficient (Wildman–Crippen LogP) is 6.51. The Balaban J connectivity index is 1.77. The van der Waals surface area contributed by atoms with Crippen LogP contribution in [0.15, 0.2) is 83.7 Å². The molecule has 0 fully saturated rings. The summed E-state index contributed by atoms with van der Waals surface area (Å²) in [6.07, 6.45) is 2.18. The van der Waals surface area contributed by atoms with E-state index in [0.29, 0.717) is 0 Å². The van der Waals surface area contributed by atoms with Crippen LogP contribution >= 0.6 is 11.3 Å². The molecule has 146 valence electrons. The molecule has 0 aliphatic heterocycles. The molecule has 8 rings (SSSR count). The zero-order chi connectivity index (χ0) is 20.3. The monoisotopic (exact) mass is 416 g/mol. The molecule has 5 heterocycles. The molecule has 8 aromatic rings. The summed E-state index contributed by atoms with van der Waals surface area (Å²) in [5.74, 6) is 6.60. The molecule has 0 unspecified atom stereocenters. The first kappa shape index (κ1) is 15.8. The molecule has 0 saturated carbocycles. The number of rotatable bonds is 1. The Bertz CT molecular complexity index is 1950. The molecule has 2 N–H and O–H groups in total. The van der Waals surface area contributed by atoms with Gasteiger partial charge in [-0.25, -0.2) is 0 Å². The predicted molar refractivity (Wildman–Crippen MR) is 131 cm³/mol. The lowest BCUT2D eigenvalue weighted by Gasteiger charge is -2.04. The minimum Gasteiger partial charge on any atom is -0.339 e. The average molecular weight is 417 g/mol. The highest BCUT2D eigenvalue weighted by molar-refractivity contribution is 7.09. The van der Waals surface area contributed by atoms with Crippen LogP contribution in [-0.2, 0) is 0 Å². The topological polar surface area (TPSA) is 40.3 Å². The van der Waals surface area contributed by atoms with E-state index in [1.54, 1.807) is 11.3 Å². The maximum Gasteiger partial charge on any atom is 0.0792 e. The van der Waals surface area contributed by atoms with Crippen LogP contribution in [0.2, 0.25) is 0 Å². The smallest absolute Gasteiger partial charge is 0.0792 e. The Labute approximate surface area is 180 Å². The number of hydrogen-bond acceptors (Lipinski definition) is 2. The summed E-state index contributed by atoms with van der Waals surface area (Å²) in [6.45, 7) is 0. The normalized spacial score (nSPS) is 12.6. The molecule has 0 amide bonds. The summed E-state index contributed by atoms with van der Waals surface area (Å²) in [5, 5.41) is 10.8. The highest BCUT2D eigenvalue weighted by Crippen LogP contribution is 2.44. The van der Waals surface area contributed by atoms with Gasteiger partial charge in [0.2, 0.25) is 0 Å². The van der Waals surface area contributed by atoms with Gasteiger partial charge in [-0.1, -0.05) is 30.3 Å². The molecule has 5 aromatic heterocycles. The molecule has 31 heavy (non-hydrogen) atoms. The van der Waals surface area contributed by atoms with E-state index in [0.717, 1.165) is 11.0 Å². The highest BCUT2D eigenvalue weighted by Gasteiger charge is 2.23. The first-order valence-electron chi connectivity index (χ1n) is 10.3. The van der Waals surface area contributed by atoms with Crippen molar-refractivity contribution in [3.8, 4) is 5.69 Å². The minimum atomic E-state index is 1.07. The van der Waals surface area contributed by atoms with Gasteiger partial charge in [0.1, 0.15) is 0 Å². The van der Waals surface area contributed by atoms with E-state index >= 15 is 0 Å². The molecule has 0 radical (unpaired) electrons. The largest absolute Gasteiger partial charge is 0.339 e. The van der Waals surface area contributed by atoms with Crippen molar-refractivity contribution in [3.05, 3.63) is 83.7 Å². The zero-order valence-electron chi connectivity index (χ0n) is 16.4. The number of nitrogens with zero attached hydrogens (tertiary/aromatic N) is 3. The molecule has 5 heteroatoms. The third-order valence-electron chi connectivity index (χ3n) is 6.76. The second-order valence-electron chi connectivity index (χ2n) is 8.19. The minimum absolute atomic E-state index is 1.07. The van der Waals surface area contributed by atoms with Crippen molar-refractivity contribution in [1.29, 1.82) is 0 Å². The Morgan fingerprint density at radius 2 is 1.48 bits per heavy atom. The van der Waals surface area contributed by atoms with Crippen LogP contribution in [0.25, 0.3) is 65.7 Å². The lowest BCUT2D eigenvalue weighted by molar-refractivity contribution is 1.12. The molecule has 0 atom stereocenters. The van der Waals surface area contributed by atoms with Crippen LogP contribution in [0, 0.1) is 0 Å². The summed E-state index contributed by atoms with van der Waals surface area (Å²) in [7, 11) is 0. The van der Waals surface area contributed by atoms with E-state index in [1.807, 2.05) is 4.68 Å². The van der Waals surface area contributed by atoms with Crippen molar-refractivity contribution in [2.45, 2.75) is 0 Å². The third kappa shape index (κ3) is 1.70. The van der Waals surface area contributed by atoms with Gasteiger partial charge >= 0.3 is 0 Å². The lowest BCUT2D eigenvalue weighted by Crippen LogP contribution is -2.06. The summed E-state index contributed by atoms with van der Waals surface area (Å²) in [4.78, 5) is 0. The van der Waals surface area contributed by atoms with Crippen LogP contribution in [-0.4, -0.2) is 13.6 Å². The Morgan fingerprint density at radius 1 is 0.613 bits per heavy atom.